The molecular weight excluding hydrogens is 452 g/mol. The van der Waals surface area contributed by atoms with Gasteiger partial charge in [0, 0.05) is 10.8 Å². The average Bonchev–Trinajstić information content (AvgIpc) is 3.11. The second-order valence-electron chi connectivity index (χ2n) is 10.4. The van der Waals surface area contributed by atoms with E-state index in [0.717, 1.165) is 23.1 Å². The number of halogens is 1. The van der Waals surface area contributed by atoms with E-state index in [-0.39, 0.29) is 29.8 Å². The summed E-state index contributed by atoms with van der Waals surface area (Å²) in [7, 11) is 0. The van der Waals surface area contributed by atoms with Gasteiger partial charge in [-0.25, -0.2) is 4.79 Å². The van der Waals surface area contributed by atoms with E-state index in [2.05, 4.69) is 6.92 Å². The van der Waals surface area contributed by atoms with Gasteiger partial charge >= 0.3 is 5.97 Å². The summed E-state index contributed by atoms with van der Waals surface area (Å²) in [4.78, 5) is 38.5. The molecule has 5 rings (SSSR count). The number of ketones is 2. The molecule has 1 saturated carbocycles. The number of alkyl halides is 1. The topological polar surface area (TPSA) is 80.7 Å². The first kappa shape index (κ1) is 23.3. The maximum Gasteiger partial charge on any atom is 0.339 e. The fraction of sp³-hybridized carbons (Fsp3) is 0.464. The molecule has 0 amide bonds. The van der Waals surface area contributed by atoms with Crippen LogP contribution >= 0.6 is 11.6 Å². The quantitative estimate of drug-likeness (QED) is 0.382. The number of hydrogen-bond donors (Lipinski definition) is 1. The molecule has 4 aliphatic rings. The number of fused-ring (bicyclic) bond motifs is 4. The highest BCUT2D eigenvalue weighted by Gasteiger charge is 2.67. The highest BCUT2D eigenvalue weighted by Crippen LogP contribution is 2.65. The van der Waals surface area contributed by atoms with Crippen molar-refractivity contribution in [3.05, 3.63) is 70.8 Å². The van der Waals surface area contributed by atoms with Gasteiger partial charge in [-0.3, -0.25) is 9.59 Å². The highest BCUT2D eigenvalue weighted by atomic mass is 35.5. The van der Waals surface area contributed by atoms with Crippen molar-refractivity contribution in [1.82, 2.24) is 0 Å². The Morgan fingerprint density at radius 1 is 1.18 bits per heavy atom. The van der Waals surface area contributed by atoms with Crippen LogP contribution in [0.2, 0.25) is 0 Å². The summed E-state index contributed by atoms with van der Waals surface area (Å²) in [6.07, 6.45) is 7.13. The van der Waals surface area contributed by atoms with Crippen LogP contribution in [-0.4, -0.2) is 40.2 Å². The minimum absolute atomic E-state index is 0.0212. The van der Waals surface area contributed by atoms with E-state index in [1.54, 1.807) is 36.4 Å². The molecule has 5 nitrogen and oxygen atoms in total. The van der Waals surface area contributed by atoms with Crippen molar-refractivity contribution in [1.29, 1.82) is 0 Å². The van der Waals surface area contributed by atoms with Gasteiger partial charge in [0.1, 0.15) is 0 Å². The van der Waals surface area contributed by atoms with Crippen LogP contribution in [-0.2, 0) is 14.3 Å². The molecule has 6 heteroatoms. The molecule has 178 valence electrons. The lowest BCUT2D eigenvalue weighted by Crippen LogP contribution is -2.58. The van der Waals surface area contributed by atoms with Crippen molar-refractivity contribution in [3.8, 4) is 0 Å². The largest absolute Gasteiger partial charge is 0.447 e. The van der Waals surface area contributed by atoms with E-state index in [9.17, 15) is 19.5 Å². The van der Waals surface area contributed by atoms with Gasteiger partial charge in [-0.2, -0.15) is 0 Å². The lowest BCUT2D eigenvalue weighted by Gasteiger charge is -2.53. The third-order valence-corrected chi connectivity index (χ3v) is 9.07. The number of carbonyl (C=O) groups is 3. The molecule has 1 fully saturated rings. The Balaban J connectivity index is 1.59. The molecule has 0 heterocycles. The molecule has 1 N–H and O–H groups in total. The molecule has 34 heavy (non-hydrogen) atoms. The van der Waals surface area contributed by atoms with Gasteiger partial charge in [-0.1, -0.05) is 42.3 Å². The van der Waals surface area contributed by atoms with Crippen molar-refractivity contribution in [3.63, 3.8) is 0 Å². The summed E-state index contributed by atoms with van der Waals surface area (Å²) in [6.45, 7) is 4.03. The van der Waals surface area contributed by atoms with Gasteiger partial charge in [0.25, 0.3) is 0 Å². The fourth-order valence-corrected chi connectivity index (χ4v) is 7.38. The first-order chi connectivity index (χ1) is 16.2. The lowest BCUT2D eigenvalue weighted by molar-refractivity contribution is -0.153. The first-order valence-electron chi connectivity index (χ1n) is 11.9. The highest BCUT2D eigenvalue weighted by molar-refractivity contribution is 6.29. The Kier molecular flexibility index (Phi) is 5.49. The van der Waals surface area contributed by atoms with Gasteiger partial charge in [0.05, 0.1) is 17.5 Å². The number of aliphatic hydroxyl groups excluding tert-OH is 1. The van der Waals surface area contributed by atoms with Crippen LogP contribution in [0.5, 0.6) is 0 Å². The first-order valence-corrected chi connectivity index (χ1v) is 12.4. The molecule has 0 aliphatic heterocycles. The SMILES string of the molecule is C[C@]12C=CC(=O)C=C1CCC1=C2[C@@H](O)C[C@@]2(C)[C@H]1CC[C@]2(OC(=O)c1ccccc1)C(=O)CCl. The fourth-order valence-electron chi connectivity index (χ4n) is 7.16. The van der Waals surface area contributed by atoms with Crippen LogP contribution in [0.25, 0.3) is 0 Å². The number of Topliss-reactive ketones (excluding diaryl/α,β-unsaturated/α-hetero) is 1. The molecule has 5 atom stereocenters. The van der Waals surface area contributed by atoms with Crippen LogP contribution in [0.3, 0.4) is 0 Å². The van der Waals surface area contributed by atoms with Gasteiger partial charge in [0.15, 0.2) is 17.2 Å². The second-order valence-corrected chi connectivity index (χ2v) is 10.7. The molecule has 0 spiro atoms. The summed E-state index contributed by atoms with van der Waals surface area (Å²) < 4.78 is 6.11. The molecule has 0 saturated heterocycles. The Morgan fingerprint density at radius 3 is 2.62 bits per heavy atom. The number of hydrogen-bond acceptors (Lipinski definition) is 5. The van der Waals surface area contributed by atoms with E-state index < -0.39 is 28.5 Å². The maximum absolute atomic E-state index is 13.4. The van der Waals surface area contributed by atoms with Crippen LogP contribution in [0.1, 0.15) is 56.3 Å². The summed E-state index contributed by atoms with van der Waals surface area (Å²) in [5.41, 5.74) is 0.793. The van der Waals surface area contributed by atoms with E-state index in [1.165, 1.54) is 0 Å². The zero-order valence-corrected chi connectivity index (χ0v) is 20.2. The summed E-state index contributed by atoms with van der Waals surface area (Å²) in [5, 5.41) is 11.5. The number of carbonyl (C=O) groups excluding carboxylic acids is 3. The van der Waals surface area contributed by atoms with Crippen LogP contribution < -0.4 is 0 Å². The predicted octanol–water partition coefficient (Wildman–Crippen LogP) is 4.73. The van der Waals surface area contributed by atoms with E-state index >= 15 is 0 Å². The Labute approximate surface area is 204 Å². The Morgan fingerprint density at radius 2 is 1.91 bits per heavy atom. The number of aliphatic hydroxyl groups is 1. The summed E-state index contributed by atoms with van der Waals surface area (Å²) in [5.74, 6) is -1.17. The van der Waals surface area contributed by atoms with Gasteiger partial charge in [-0.15, -0.1) is 11.6 Å². The number of allylic oxidation sites excluding steroid dienone is 5. The minimum atomic E-state index is -1.40. The van der Waals surface area contributed by atoms with Crippen LogP contribution in [0.4, 0.5) is 0 Å². The third-order valence-electron chi connectivity index (χ3n) is 8.83. The van der Waals surface area contributed by atoms with Crippen molar-refractivity contribution in [2.45, 2.75) is 57.7 Å². The predicted molar refractivity (Wildman–Crippen MR) is 128 cm³/mol. The molecule has 1 aromatic rings. The molecule has 0 aromatic heterocycles. The Hall–Kier alpha value is -2.50. The third kappa shape index (κ3) is 3.13. The zero-order chi connectivity index (χ0) is 24.3. The number of esters is 1. The van der Waals surface area contributed by atoms with E-state index in [1.807, 2.05) is 19.1 Å². The maximum atomic E-state index is 13.4. The Bertz CT molecular complexity index is 1160. The minimum Gasteiger partial charge on any atom is -0.447 e. The number of benzene rings is 1. The van der Waals surface area contributed by atoms with Gasteiger partial charge in [0.2, 0.25) is 0 Å². The number of ether oxygens (including phenoxy) is 1. The molecule has 1 aromatic carbocycles. The van der Waals surface area contributed by atoms with Crippen LogP contribution in [0, 0.1) is 16.7 Å². The second kappa shape index (κ2) is 8.03. The monoisotopic (exact) mass is 480 g/mol. The lowest BCUT2D eigenvalue weighted by atomic mass is 9.52. The average molecular weight is 481 g/mol. The molecule has 4 aliphatic carbocycles. The van der Waals surface area contributed by atoms with Crippen molar-refractivity contribution in [2.75, 3.05) is 5.88 Å². The van der Waals surface area contributed by atoms with Crippen molar-refractivity contribution in [2.24, 2.45) is 16.7 Å². The molecule has 0 radical (unpaired) electrons. The van der Waals surface area contributed by atoms with Gasteiger partial charge < -0.3 is 9.84 Å². The van der Waals surface area contributed by atoms with Crippen molar-refractivity contribution < 1.29 is 24.2 Å². The van der Waals surface area contributed by atoms with E-state index in [0.29, 0.717) is 24.8 Å². The zero-order valence-electron chi connectivity index (χ0n) is 19.5. The van der Waals surface area contributed by atoms with Crippen molar-refractivity contribution >= 4 is 29.1 Å². The smallest absolute Gasteiger partial charge is 0.339 e. The normalized spacial score (nSPS) is 36.4. The summed E-state index contributed by atoms with van der Waals surface area (Å²) >= 11 is 6.08. The molecule has 0 unspecified atom stereocenters. The summed E-state index contributed by atoms with van der Waals surface area (Å²) in [6, 6.07) is 8.65. The number of rotatable bonds is 4. The molecular formula is C28H29ClO5. The molecule has 0 bridgehead atoms. The standard InChI is InChI=1S/C28H29ClO5/c1-26-12-10-19(30)14-18(26)8-9-20-21-11-13-28(23(32)16-29,27(21,2)15-22(31)24(20)26)34-25(33)17-6-4-3-5-7-17/h3-7,10,12,14,21-22,31H,8-9,11,13,15-16H2,1-2H3/t21-,22-,26-,27-,28-/m0/s1. The van der Waals surface area contributed by atoms with E-state index in [4.69, 9.17) is 16.3 Å². The van der Waals surface area contributed by atoms with Gasteiger partial charge in [-0.05, 0) is 74.8 Å². The van der Waals surface area contributed by atoms with Crippen LogP contribution in [0.15, 0.2) is 65.3 Å².